The van der Waals surface area contributed by atoms with Crippen molar-refractivity contribution in [2.24, 2.45) is 0 Å². The average Bonchev–Trinajstić information content (AvgIpc) is 2.41. The zero-order valence-electron chi connectivity index (χ0n) is 7.95. The summed E-state index contributed by atoms with van der Waals surface area (Å²) < 4.78 is 0. The van der Waals surface area contributed by atoms with Crippen LogP contribution in [0.25, 0.3) is 0 Å². The molecule has 2 saturated heterocycles. The van der Waals surface area contributed by atoms with E-state index in [1.165, 1.54) is 0 Å². The molecule has 0 aliphatic carbocycles. The molecule has 0 amide bonds. The Bertz CT molecular complexity index is 213. The van der Waals surface area contributed by atoms with Gasteiger partial charge in [-0.1, -0.05) is 0 Å². The third kappa shape index (κ3) is 1.36. The maximum Gasteiger partial charge on any atom is 0.0995 e. The maximum atomic E-state index is 9.70. The third-order valence-electron chi connectivity index (χ3n) is 3.40. The van der Waals surface area contributed by atoms with Gasteiger partial charge >= 0.3 is 0 Å². The highest BCUT2D eigenvalue weighted by Crippen LogP contribution is 2.32. The second-order valence-corrected chi connectivity index (χ2v) is 4.17. The predicted octanol–water partition coefficient (Wildman–Crippen LogP) is -2.09. The molecule has 5 nitrogen and oxygen atoms in total. The summed E-state index contributed by atoms with van der Waals surface area (Å²) in [6.07, 6.45) is -0.985. The number of nitrogens with zero attached hydrogens (tertiary/aromatic N) is 1. The summed E-state index contributed by atoms with van der Waals surface area (Å²) in [5, 5.41) is 38.1. The Labute approximate surface area is 82.6 Å². The first-order chi connectivity index (χ1) is 6.66. The summed E-state index contributed by atoms with van der Waals surface area (Å²) in [6.45, 7) is 0.544. The van der Waals surface area contributed by atoms with Crippen molar-refractivity contribution in [1.82, 2.24) is 4.90 Å². The summed E-state index contributed by atoms with van der Waals surface area (Å²) in [7, 11) is 0. The van der Waals surface area contributed by atoms with E-state index >= 15 is 0 Å². The Balaban J connectivity index is 2.19. The highest BCUT2D eigenvalue weighted by atomic mass is 16.3. The first-order valence-corrected chi connectivity index (χ1v) is 5.07. The fraction of sp³-hybridized carbons (Fsp3) is 1.00. The Morgan fingerprint density at radius 1 is 1.14 bits per heavy atom. The van der Waals surface area contributed by atoms with Crippen molar-refractivity contribution in [3.05, 3.63) is 0 Å². The molecule has 5 atom stereocenters. The van der Waals surface area contributed by atoms with E-state index in [-0.39, 0.29) is 6.61 Å². The Morgan fingerprint density at radius 2 is 1.86 bits per heavy atom. The van der Waals surface area contributed by atoms with Gasteiger partial charge in [0.25, 0.3) is 0 Å². The van der Waals surface area contributed by atoms with Crippen molar-refractivity contribution >= 4 is 0 Å². The van der Waals surface area contributed by atoms with E-state index in [1.54, 1.807) is 0 Å². The molecule has 0 aromatic heterocycles. The largest absolute Gasteiger partial charge is 0.395 e. The molecular weight excluding hydrogens is 186 g/mol. The van der Waals surface area contributed by atoms with E-state index in [2.05, 4.69) is 0 Å². The Morgan fingerprint density at radius 3 is 2.50 bits per heavy atom. The number of aliphatic hydroxyl groups is 4. The smallest absolute Gasteiger partial charge is 0.0995 e. The molecule has 2 rings (SSSR count). The zero-order valence-corrected chi connectivity index (χ0v) is 7.95. The standard InChI is InChI=1S/C9H17NO4/c11-4-5-8(13)9(14)7-6(12)2-1-3-10(5)7/h5-9,11-14H,1-4H2/t5-,6-,7-,8-,9-/m1/s1. The van der Waals surface area contributed by atoms with Gasteiger partial charge < -0.3 is 20.4 Å². The summed E-state index contributed by atoms with van der Waals surface area (Å²) in [4.78, 5) is 1.82. The van der Waals surface area contributed by atoms with Gasteiger partial charge in [-0.3, -0.25) is 4.90 Å². The van der Waals surface area contributed by atoms with Crippen molar-refractivity contribution in [1.29, 1.82) is 0 Å². The second kappa shape index (κ2) is 3.75. The minimum absolute atomic E-state index is 0.179. The summed E-state index contributed by atoms with van der Waals surface area (Å²) in [5.41, 5.74) is 0. The second-order valence-electron chi connectivity index (χ2n) is 4.17. The molecule has 0 saturated carbocycles. The minimum atomic E-state index is -0.947. The SMILES string of the molecule is OC[C@@H]1[C@@H](O)[C@H](O)[C@H]2[C@H](O)CCCN21. The molecule has 0 aromatic carbocycles. The van der Waals surface area contributed by atoms with E-state index < -0.39 is 30.4 Å². The maximum absolute atomic E-state index is 9.70. The highest BCUT2D eigenvalue weighted by molar-refractivity contribution is 5.05. The van der Waals surface area contributed by atoms with Gasteiger partial charge in [-0.2, -0.15) is 0 Å². The van der Waals surface area contributed by atoms with E-state index in [0.29, 0.717) is 6.42 Å². The quantitative estimate of drug-likeness (QED) is 0.393. The average molecular weight is 203 g/mol. The molecule has 14 heavy (non-hydrogen) atoms. The molecule has 2 fully saturated rings. The van der Waals surface area contributed by atoms with Crippen molar-refractivity contribution in [3.63, 3.8) is 0 Å². The van der Waals surface area contributed by atoms with Crippen LogP contribution in [0.1, 0.15) is 12.8 Å². The first kappa shape index (κ1) is 10.3. The summed E-state index contributed by atoms with van der Waals surface area (Å²) >= 11 is 0. The number of piperidine rings is 1. The van der Waals surface area contributed by atoms with Gasteiger partial charge in [0.1, 0.15) is 0 Å². The molecular formula is C9H17NO4. The van der Waals surface area contributed by atoms with Gasteiger partial charge in [-0.25, -0.2) is 0 Å². The van der Waals surface area contributed by atoms with Crippen LogP contribution in [0.5, 0.6) is 0 Å². The Hall–Kier alpha value is -0.200. The molecule has 82 valence electrons. The lowest BCUT2D eigenvalue weighted by Gasteiger charge is -2.36. The number of hydrogen-bond acceptors (Lipinski definition) is 5. The number of aliphatic hydroxyl groups excluding tert-OH is 4. The zero-order chi connectivity index (χ0) is 10.3. The number of fused-ring (bicyclic) bond motifs is 1. The van der Waals surface area contributed by atoms with Crippen LogP contribution in [0.4, 0.5) is 0 Å². The summed E-state index contributed by atoms with van der Waals surface area (Å²) in [5.74, 6) is 0. The van der Waals surface area contributed by atoms with Gasteiger partial charge in [0.05, 0.1) is 37.0 Å². The lowest BCUT2D eigenvalue weighted by Crippen LogP contribution is -2.51. The fourth-order valence-corrected chi connectivity index (χ4v) is 2.67. The van der Waals surface area contributed by atoms with Gasteiger partial charge in [0.15, 0.2) is 0 Å². The van der Waals surface area contributed by atoms with Crippen LogP contribution in [0, 0.1) is 0 Å². The Kier molecular flexibility index (Phi) is 2.77. The van der Waals surface area contributed by atoms with Gasteiger partial charge in [0, 0.05) is 0 Å². The molecule has 0 bridgehead atoms. The van der Waals surface area contributed by atoms with Crippen LogP contribution in [0.15, 0.2) is 0 Å². The number of rotatable bonds is 1. The van der Waals surface area contributed by atoms with Crippen molar-refractivity contribution < 1.29 is 20.4 Å². The van der Waals surface area contributed by atoms with Crippen LogP contribution in [-0.2, 0) is 0 Å². The topological polar surface area (TPSA) is 84.2 Å². The lowest BCUT2D eigenvalue weighted by atomic mass is 9.97. The highest BCUT2D eigenvalue weighted by Gasteiger charge is 2.51. The van der Waals surface area contributed by atoms with Gasteiger partial charge in [-0.15, -0.1) is 0 Å². The minimum Gasteiger partial charge on any atom is -0.395 e. The van der Waals surface area contributed by atoms with Crippen LogP contribution in [0.2, 0.25) is 0 Å². The molecule has 0 spiro atoms. The van der Waals surface area contributed by atoms with Crippen LogP contribution < -0.4 is 0 Å². The van der Waals surface area contributed by atoms with Crippen LogP contribution in [0.3, 0.4) is 0 Å². The molecule has 0 aromatic rings. The van der Waals surface area contributed by atoms with E-state index in [4.69, 9.17) is 5.11 Å². The van der Waals surface area contributed by atoms with Crippen LogP contribution in [-0.4, -0.2) is 68.9 Å². The third-order valence-corrected chi connectivity index (χ3v) is 3.40. The molecule has 0 unspecified atom stereocenters. The van der Waals surface area contributed by atoms with Crippen molar-refractivity contribution in [2.75, 3.05) is 13.2 Å². The molecule has 0 radical (unpaired) electrons. The van der Waals surface area contributed by atoms with Crippen LogP contribution >= 0.6 is 0 Å². The fourth-order valence-electron chi connectivity index (χ4n) is 2.67. The van der Waals surface area contributed by atoms with Crippen molar-refractivity contribution in [2.45, 2.75) is 43.2 Å². The van der Waals surface area contributed by atoms with Gasteiger partial charge in [-0.05, 0) is 19.4 Å². The van der Waals surface area contributed by atoms with E-state index in [0.717, 1.165) is 13.0 Å². The molecule has 2 aliphatic heterocycles. The monoisotopic (exact) mass is 203 g/mol. The van der Waals surface area contributed by atoms with Gasteiger partial charge in [0.2, 0.25) is 0 Å². The number of hydrogen-bond donors (Lipinski definition) is 4. The van der Waals surface area contributed by atoms with E-state index in [1.807, 2.05) is 4.90 Å². The normalized spacial score (nSPS) is 49.3. The van der Waals surface area contributed by atoms with E-state index in [9.17, 15) is 15.3 Å². The van der Waals surface area contributed by atoms with Crippen molar-refractivity contribution in [3.8, 4) is 0 Å². The molecule has 2 aliphatic rings. The molecule has 2 heterocycles. The molecule has 4 N–H and O–H groups in total. The molecule has 5 heteroatoms. The predicted molar refractivity (Wildman–Crippen MR) is 48.6 cm³/mol. The lowest BCUT2D eigenvalue weighted by molar-refractivity contribution is -0.0300. The summed E-state index contributed by atoms with van der Waals surface area (Å²) in [6, 6.07) is -0.833. The first-order valence-electron chi connectivity index (χ1n) is 5.07.